The molecule has 1 aromatic carbocycles. The van der Waals surface area contributed by atoms with E-state index in [-0.39, 0.29) is 0 Å². The Kier molecular flexibility index (Phi) is 4.32. The van der Waals surface area contributed by atoms with Crippen molar-refractivity contribution in [3.63, 3.8) is 0 Å². The molecule has 7 heteroatoms. The van der Waals surface area contributed by atoms with Crippen molar-refractivity contribution in [1.82, 2.24) is 9.38 Å². The van der Waals surface area contributed by atoms with Gasteiger partial charge in [-0.1, -0.05) is 12.1 Å². The van der Waals surface area contributed by atoms with Gasteiger partial charge in [0.05, 0.1) is 16.9 Å². The van der Waals surface area contributed by atoms with Crippen molar-refractivity contribution in [3.8, 4) is 11.3 Å². The SMILES string of the molecule is CC1(C)OB(C(F)=Cc2cccn3cc(-c4cccc(N)c4)nc23)OC1(C)C. The zero-order valence-electron chi connectivity index (χ0n) is 16.4. The van der Waals surface area contributed by atoms with Crippen molar-refractivity contribution in [3.05, 3.63) is 60.1 Å². The Bertz CT molecular complexity index is 1060. The number of hydrogen-bond donors (Lipinski definition) is 1. The number of pyridine rings is 1. The predicted octanol–water partition coefficient (Wildman–Crippen LogP) is 4.53. The van der Waals surface area contributed by atoms with Crippen LogP contribution in [-0.2, 0) is 9.31 Å². The maximum atomic E-state index is 14.9. The van der Waals surface area contributed by atoms with E-state index in [1.54, 1.807) is 0 Å². The third kappa shape index (κ3) is 3.21. The van der Waals surface area contributed by atoms with Gasteiger partial charge in [0.2, 0.25) is 0 Å². The average Bonchev–Trinajstić information content (AvgIpc) is 3.14. The zero-order valence-corrected chi connectivity index (χ0v) is 16.4. The van der Waals surface area contributed by atoms with E-state index >= 15 is 0 Å². The summed E-state index contributed by atoms with van der Waals surface area (Å²) in [4.78, 5) is 4.68. The van der Waals surface area contributed by atoms with Crippen molar-refractivity contribution in [2.75, 3.05) is 5.73 Å². The Morgan fingerprint density at radius 3 is 2.54 bits per heavy atom. The number of rotatable bonds is 3. The first-order chi connectivity index (χ1) is 13.2. The van der Waals surface area contributed by atoms with Gasteiger partial charge in [-0.2, -0.15) is 0 Å². The van der Waals surface area contributed by atoms with Gasteiger partial charge in [0.15, 0.2) is 0 Å². The Morgan fingerprint density at radius 2 is 1.86 bits per heavy atom. The van der Waals surface area contributed by atoms with E-state index in [0.717, 1.165) is 11.3 Å². The lowest BCUT2D eigenvalue weighted by Gasteiger charge is -2.32. The molecule has 1 aliphatic rings. The summed E-state index contributed by atoms with van der Waals surface area (Å²) in [5.41, 5.74) is 7.83. The topological polar surface area (TPSA) is 61.8 Å². The van der Waals surface area contributed by atoms with Gasteiger partial charge in [0, 0.05) is 29.2 Å². The Morgan fingerprint density at radius 1 is 1.14 bits per heavy atom. The standard InChI is InChI=1S/C21H23BFN3O2/c1-20(2)21(3,4)28-22(27-20)18(23)12-15-8-6-10-26-13-17(25-19(15)26)14-7-5-9-16(24)11-14/h5-13H,24H2,1-4H3. The van der Waals surface area contributed by atoms with Crippen LogP contribution in [0.5, 0.6) is 0 Å². The molecule has 0 bridgehead atoms. The van der Waals surface area contributed by atoms with E-state index in [9.17, 15) is 4.39 Å². The lowest BCUT2D eigenvalue weighted by Crippen LogP contribution is -2.41. The molecule has 2 aromatic heterocycles. The van der Waals surface area contributed by atoms with Gasteiger partial charge >= 0.3 is 7.12 Å². The van der Waals surface area contributed by atoms with Crippen LogP contribution in [0, 0.1) is 0 Å². The predicted molar refractivity (Wildman–Crippen MR) is 110 cm³/mol. The number of nitrogen functional groups attached to an aromatic ring is 1. The fourth-order valence-electron chi connectivity index (χ4n) is 3.16. The number of benzene rings is 1. The van der Waals surface area contributed by atoms with Crippen LogP contribution >= 0.6 is 0 Å². The second-order valence-electron chi connectivity index (χ2n) is 8.06. The van der Waals surface area contributed by atoms with Gasteiger partial charge < -0.3 is 19.4 Å². The monoisotopic (exact) mass is 379 g/mol. The molecule has 1 saturated heterocycles. The summed E-state index contributed by atoms with van der Waals surface area (Å²) in [6.07, 6.45) is 5.20. The minimum Gasteiger partial charge on any atom is -0.399 e. The van der Waals surface area contributed by atoms with Gasteiger partial charge in [0.25, 0.3) is 0 Å². The molecule has 3 heterocycles. The first-order valence-electron chi connectivity index (χ1n) is 9.23. The van der Waals surface area contributed by atoms with Crippen LogP contribution in [0.4, 0.5) is 10.1 Å². The summed E-state index contributed by atoms with van der Waals surface area (Å²) in [6, 6.07) is 11.2. The van der Waals surface area contributed by atoms with Crippen LogP contribution in [-0.4, -0.2) is 27.7 Å². The minimum absolute atomic E-state index is 0.486. The summed E-state index contributed by atoms with van der Waals surface area (Å²) < 4.78 is 28.4. The highest BCUT2D eigenvalue weighted by molar-refractivity contribution is 6.54. The molecule has 0 saturated carbocycles. The molecule has 28 heavy (non-hydrogen) atoms. The Balaban J connectivity index is 1.71. The van der Waals surface area contributed by atoms with Gasteiger partial charge in [-0.3, -0.25) is 0 Å². The van der Waals surface area contributed by atoms with Crippen molar-refractivity contribution < 1.29 is 13.7 Å². The maximum Gasteiger partial charge on any atom is 0.525 e. The molecule has 0 unspecified atom stereocenters. The van der Waals surface area contributed by atoms with Gasteiger partial charge in [-0.25, -0.2) is 9.37 Å². The normalized spacial score (nSPS) is 18.8. The maximum absolute atomic E-state index is 14.9. The van der Waals surface area contributed by atoms with Crippen molar-refractivity contribution in [2.45, 2.75) is 38.9 Å². The number of imidazole rings is 1. The summed E-state index contributed by atoms with van der Waals surface area (Å²) >= 11 is 0. The summed E-state index contributed by atoms with van der Waals surface area (Å²) in [5, 5.41) is 0. The Hall–Kier alpha value is -2.64. The molecule has 0 spiro atoms. The highest BCUT2D eigenvalue weighted by Crippen LogP contribution is 2.39. The molecule has 144 valence electrons. The number of nitrogens with two attached hydrogens (primary N) is 1. The van der Waals surface area contributed by atoms with Gasteiger partial charge in [-0.15, -0.1) is 0 Å². The highest BCUT2D eigenvalue weighted by Gasteiger charge is 2.53. The van der Waals surface area contributed by atoms with Gasteiger partial charge in [0.1, 0.15) is 11.4 Å². The van der Waals surface area contributed by atoms with Crippen molar-refractivity contribution in [2.24, 2.45) is 0 Å². The molecule has 3 aromatic rings. The molecular weight excluding hydrogens is 356 g/mol. The zero-order chi connectivity index (χ0) is 20.1. The van der Waals surface area contributed by atoms with Crippen LogP contribution in [0.2, 0.25) is 0 Å². The molecule has 0 amide bonds. The van der Waals surface area contributed by atoms with E-state index < -0.39 is 24.0 Å². The van der Waals surface area contributed by atoms with Crippen LogP contribution in [0.3, 0.4) is 0 Å². The fraction of sp³-hybridized carbons (Fsp3) is 0.286. The summed E-state index contributed by atoms with van der Waals surface area (Å²) in [7, 11) is -1.03. The second kappa shape index (κ2) is 6.46. The average molecular weight is 379 g/mol. The lowest BCUT2D eigenvalue weighted by atomic mass is 9.87. The molecule has 5 nitrogen and oxygen atoms in total. The molecule has 0 radical (unpaired) electrons. The number of aromatic nitrogens is 2. The van der Waals surface area contributed by atoms with Crippen LogP contribution < -0.4 is 5.73 Å². The lowest BCUT2D eigenvalue weighted by molar-refractivity contribution is 0.00578. The fourth-order valence-corrected chi connectivity index (χ4v) is 3.16. The van der Waals surface area contributed by atoms with Crippen molar-refractivity contribution in [1.29, 1.82) is 0 Å². The van der Waals surface area contributed by atoms with E-state index in [2.05, 4.69) is 4.98 Å². The number of nitrogens with zero attached hydrogens (tertiary/aromatic N) is 2. The third-order valence-electron chi connectivity index (χ3n) is 5.47. The second-order valence-corrected chi connectivity index (χ2v) is 8.06. The highest BCUT2D eigenvalue weighted by atomic mass is 19.1. The molecule has 4 rings (SSSR count). The van der Waals surface area contributed by atoms with E-state index in [0.29, 0.717) is 16.9 Å². The molecule has 1 aliphatic heterocycles. The van der Waals surface area contributed by atoms with E-state index in [4.69, 9.17) is 15.0 Å². The Labute approximate surface area is 164 Å². The van der Waals surface area contributed by atoms with Crippen molar-refractivity contribution >= 4 is 24.5 Å². The number of anilines is 1. The number of hydrogen-bond acceptors (Lipinski definition) is 4. The third-order valence-corrected chi connectivity index (χ3v) is 5.47. The summed E-state index contributed by atoms with van der Waals surface area (Å²) in [5.74, 6) is 0. The largest absolute Gasteiger partial charge is 0.525 e. The van der Waals surface area contributed by atoms with Crippen LogP contribution in [0.25, 0.3) is 23.0 Å². The first-order valence-corrected chi connectivity index (χ1v) is 9.23. The molecule has 0 aliphatic carbocycles. The van der Waals surface area contributed by atoms with E-state index in [1.807, 2.05) is 80.9 Å². The number of fused-ring (bicyclic) bond motifs is 1. The number of halogens is 1. The summed E-state index contributed by atoms with van der Waals surface area (Å²) in [6.45, 7) is 7.59. The molecule has 0 atom stereocenters. The smallest absolute Gasteiger partial charge is 0.399 e. The van der Waals surface area contributed by atoms with Crippen LogP contribution in [0.1, 0.15) is 33.3 Å². The minimum atomic E-state index is -1.03. The van der Waals surface area contributed by atoms with Crippen LogP contribution in [0.15, 0.2) is 54.5 Å². The first kappa shape index (κ1) is 18.7. The molecular formula is C21H23BFN3O2. The molecule has 2 N–H and O–H groups in total. The van der Waals surface area contributed by atoms with Gasteiger partial charge in [-0.05, 0) is 58.0 Å². The van der Waals surface area contributed by atoms with E-state index in [1.165, 1.54) is 6.08 Å². The quantitative estimate of drug-likeness (QED) is 0.537. The molecule has 1 fully saturated rings.